The highest BCUT2D eigenvalue weighted by molar-refractivity contribution is 7.89. The van der Waals surface area contributed by atoms with Gasteiger partial charge in [-0.2, -0.15) is 4.31 Å². The highest BCUT2D eigenvalue weighted by atomic mass is 32.2. The van der Waals surface area contributed by atoms with Gasteiger partial charge in [-0.25, -0.2) is 8.42 Å². The minimum Gasteiger partial charge on any atom is -0.326 e. The number of benzene rings is 1. The summed E-state index contributed by atoms with van der Waals surface area (Å²) in [6.07, 6.45) is 0. The zero-order valence-electron chi connectivity index (χ0n) is 15.4. The Hall–Kier alpha value is -1.44. The predicted octanol–water partition coefficient (Wildman–Crippen LogP) is 2.13. The van der Waals surface area contributed by atoms with Crippen LogP contribution in [0.25, 0.3) is 0 Å². The molecule has 1 unspecified atom stereocenters. The zero-order chi connectivity index (χ0) is 18.5. The van der Waals surface area contributed by atoms with Gasteiger partial charge in [0, 0.05) is 31.2 Å². The summed E-state index contributed by atoms with van der Waals surface area (Å²) in [4.78, 5) is 12.5. The Morgan fingerprint density at radius 3 is 2.29 bits per heavy atom. The van der Waals surface area contributed by atoms with E-state index >= 15 is 0 Å². The molecule has 0 radical (unpaired) electrons. The van der Waals surface area contributed by atoms with Crippen molar-refractivity contribution in [2.24, 2.45) is 5.92 Å². The SMILES string of the molecule is CCN(CC)S(=O)(=O)c1cc(C)c(C)c(NC(=O)C(C)CNC)c1. The number of hydrogen-bond donors (Lipinski definition) is 2. The van der Waals surface area contributed by atoms with Gasteiger partial charge in [0.05, 0.1) is 4.90 Å². The lowest BCUT2D eigenvalue weighted by molar-refractivity contribution is -0.119. The first-order valence-corrected chi connectivity index (χ1v) is 9.69. The molecule has 0 spiro atoms. The number of sulfonamides is 1. The van der Waals surface area contributed by atoms with Crippen LogP contribution in [-0.4, -0.2) is 45.3 Å². The molecule has 0 aromatic heterocycles. The molecule has 0 aliphatic carbocycles. The summed E-state index contributed by atoms with van der Waals surface area (Å²) in [6.45, 7) is 10.5. The third-order valence-corrected chi connectivity index (χ3v) is 6.23. The van der Waals surface area contributed by atoms with Crippen LogP contribution in [0, 0.1) is 19.8 Å². The molecular weight excluding hydrogens is 326 g/mol. The molecule has 0 heterocycles. The lowest BCUT2D eigenvalue weighted by Crippen LogP contribution is -2.31. The van der Waals surface area contributed by atoms with Crippen LogP contribution in [0.3, 0.4) is 0 Å². The molecule has 0 saturated carbocycles. The molecule has 6 nitrogen and oxygen atoms in total. The van der Waals surface area contributed by atoms with E-state index in [2.05, 4.69) is 10.6 Å². The van der Waals surface area contributed by atoms with Gasteiger partial charge < -0.3 is 10.6 Å². The van der Waals surface area contributed by atoms with Gasteiger partial charge in [-0.15, -0.1) is 0 Å². The van der Waals surface area contributed by atoms with Crippen molar-refractivity contribution in [3.63, 3.8) is 0 Å². The highest BCUT2D eigenvalue weighted by Crippen LogP contribution is 2.26. The molecular formula is C17H29N3O3S. The first-order chi connectivity index (χ1) is 11.2. The summed E-state index contributed by atoms with van der Waals surface area (Å²) in [6, 6.07) is 3.22. The quantitative estimate of drug-likeness (QED) is 0.749. The zero-order valence-corrected chi connectivity index (χ0v) is 16.3. The number of nitrogens with one attached hydrogen (secondary N) is 2. The first kappa shape index (κ1) is 20.6. The number of nitrogens with zero attached hydrogens (tertiary/aromatic N) is 1. The number of amides is 1. The van der Waals surface area contributed by atoms with E-state index in [0.717, 1.165) is 11.1 Å². The molecule has 7 heteroatoms. The number of anilines is 1. The molecule has 0 saturated heterocycles. The van der Waals surface area contributed by atoms with Crippen LogP contribution >= 0.6 is 0 Å². The number of rotatable bonds is 8. The molecule has 0 fully saturated rings. The van der Waals surface area contributed by atoms with Crippen molar-refractivity contribution in [1.82, 2.24) is 9.62 Å². The lowest BCUT2D eigenvalue weighted by atomic mass is 10.1. The fourth-order valence-electron chi connectivity index (χ4n) is 2.47. The van der Waals surface area contributed by atoms with Gasteiger partial charge in [0.15, 0.2) is 0 Å². The van der Waals surface area contributed by atoms with Crippen molar-refractivity contribution in [2.45, 2.75) is 39.5 Å². The average Bonchev–Trinajstić information content (AvgIpc) is 2.52. The third kappa shape index (κ3) is 4.55. The molecule has 1 aromatic rings. The molecule has 0 aliphatic rings. The Morgan fingerprint density at radius 2 is 1.79 bits per heavy atom. The highest BCUT2D eigenvalue weighted by Gasteiger charge is 2.24. The summed E-state index contributed by atoms with van der Waals surface area (Å²) >= 11 is 0. The van der Waals surface area contributed by atoms with Crippen molar-refractivity contribution < 1.29 is 13.2 Å². The number of hydrogen-bond acceptors (Lipinski definition) is 4. The molecule has 0 bridgehead atoms. The summed E-state index contributed by atoms with van der Waals surface area (Å²) in [5, 5.41) is 5.82. The maximum atomic E-state index is 12.7. The second-order valence-electron chi connectivity index (χ2n) is 5.95. The number of aryl methyl sites for hydroxylation is 1. The lowest BCUT2D eigenvalue weighted by Gasteiger charge is -2.21. The maximum absolute atomic E-state index is 12.7. The van der Waals surface area contributed by atoms with Crippen molar-refractivity contribution in [3.8, 4) is 0 Å². The summed E-state index contributed by atoms with van der Waals surface area (Å²) in [7, 11) is -1.77. The van der Waals surface area contributed by atoms with Crippen LogP contribution in [0.2, 0.25) is 0 Å². The molecule has 1 atom stereocenters. The summed E-state index contributed by atoms with van der Waals surface area (Å²) < 4.78 is 26.9. The van der Waals surface area contributed by atoms with Gasteiger partial charge in [0.25, 0.3) is 0 Å². The van der Waals surface area contributed by atoms with Crippen LogP contribution in [-0.2, 0) is 14.8 Å². The van der Waals surface area contributed by atoms with E-state index < -0.39 is 10.0 Å². The van der Waals surface area contributed by atoms with Gasteiger partial charge in [-0.05, 0) is 44.2 Å². The van der Waals surface area contributed by atoms with Crippen molar-refractivity contribution >= 4 is 21.6 Å². The van der Waals surface area contributed by atoms with Crippen molar-refractivity contribution in [3.05, 3.63) is 23.3 Å². The second-order valence-corrected chi connectivity index (χ2v) is 7.89. The second kappa shape index (κ2) is 8.60. The van der Waals surface area contributed by atoms with Crippen LogP contribution < -0.4 is 10.6 Å². The Bertz CT molecular complexity index is 683. The Balaban J connectivity index is 3.25. The van der Waals surface area contributed by atoms with E-state index in [1.807, 2.05) is 34.6 Å². The van der Waals surface area contributed by atoms with E-state index in [1.165, 1.54) is 4.31 Å². The van der Waals surface area contributed by atoms with Gasteiger partial charge >= 0.3 is 0 Å². The maximum Gasteiger partial charge on any atom is 0.243 e. The normalized spacial score (nSPS) is 13.1. The smallest absolute Gasteiger partial charge is 0.243 e. The number of carbonyl (C=O) groups is 1. The molecule has 1 amide bonds. The van der Waals surface area contributed by atoms with Crippen LogP contribution in [0.4, 0.5) is 5.69 Å². The van der Waals surface area contributed by atoms with Gasteiger partial charge in [0.1, 0.15) is 0 Å². The average molecular weight is 356 g/mol. The first-order valence-electron chi connectivity index (χ1n) is 8.25. The monoisotopic (exact) mass is 355 g/mol. The molecule has 1 aromatic carbocycles. The minimum absolute atomic E-state index is 0.135. The number of carbonyl (C=O) groups excluding carboxylic acids is 1. The van der Waals surface area contributed by atoms with Crippen molar-refractivity contribution in [1.29, 1.82) is 0 Å². The molecule has 136 valence electrons. The fourth-order valence-corrected chi connectivity index (χ4v) is 4.04. The van der Waals surface area contributed by atoms with E-state index in [1.54, 1.807) is 19.2 Å². The summed E-state index contributed by atoms with van der Waals surface area (Å²) in [5.41, 5.74) is 2.26. The van der Waals surface area contributed by atoms with Gasteiger partial charge in [-0.1, -0.05) is 20.8 Å². The van der Waals surface area contributed by atoms with Gasteiger partial charge in [-0.3, -0.25) is 4.79 Å². The van der Waals surface area contributed by atoms with Crippen LogP contribution in [0.15, 0.2) is 17.0 Å². The Morgan fingerprint density at radius 1 is 1.21 bits per heavy atom. The largest absolute Gasteiger partial charge is 0.326 e. The minimum atomic E-state index is -3.56. The molecule has 2 N–H and O–H groups in total. The van der Waals surface area contributed by atoms with E-state index in [9.17, 15) is 13.2 Å². The predicted molar refractivity (Wildman–Crippen MR) is 97.7 cm³/mol. The van der Waals surface area contributed by atoms with Gasteiger partial charge in [0.2, 0.25) is 15.9 Å². The molecule has 1 rings (SSSR count). The molecule has 24 heavy (non-hydrogen) atoms. The molecule has 0 aliphatic heterocycles. The summed E-state index contributed by atoms with van der Waals surface area (Å²) in [5.74, 6) is -0.345. The third-order valence-electron chi connectivity index (χ3n) is 4.20. The van der Waals surface area contributed by atoms with Crippen molar-refractivity contribution in [2.75, 3.05) is 32.0 Å². The van der Waals surface area contributed by atoms with E-state index in [0.29, 0.717) is 25.3 Å². The topological polar surface area (TPSA) is 78.5 Å². The fraction of sp³-hybridized carbons (Fsp3) is 0.588. The van der Waals surface area contributed by atoms with Crippen LogP contribution in [0.1, 0.15) is 31.9 Å². The standard InChI is InChI=1S/C17H29N3O3S/c1-7-20(8-2)24(22,23)15-9-12(3)14(5)16(10-15)19-17(21)13(4)11-18-6/h9-10,13,18H,7-8,11H2,1-6H3,(H,19,21). The van der Waals surface area contributed by atoms with E-state index in [4.69, 9.17) is 0 Å². The van der Waals surface area contributed by atoms with Crippen LogP contribution in [0.5, 0.6) is 0 Å². The Kier molecular flexibility index (Phi) is 7.38. The Labute approximate surface area is 145 Å². The van der Waals surface area contributed by atoms with E-state index in [-0.39, 0.29) is 16.7 Å².